The van der Waals surface area contributed by atoms with Crippen LogP contribution < -0.4 is 0 Å². The Kier molecular flexibility index (Phi) is 1.90. The van der Waals surface area contributed by atoms with Gasteiger partial charge in [-0.2, -0.15) is 0 Å². The number of nitrogens with zero attached hydrogens (tertiary/aromatic N) is 1. The fourth-order valence-electron chi connectivity index (χ4n) is 1.11. The second-order valence-electron chi connectivity index (χ2n) is 2.80. The van der Waals surface area contributed by atoms with Crippen LogP contribution in [0.3, 0.4) is 0 Å². The van der Waals surface area contributed by atoms with Gasteiger partial charge in [0.1, 0.15) is 4.60 Å². The highest BCUT2D eigenvalue weighted by atomic mass is 79.9. The van der Waals surface area contributed by atoms with Gasteiger partial charge in [-0.3, -0.25) is 0 Å². The summed E-state index contributed by atoms with van der Waals surface area (Å²) in [6, 6.07) is 1.86. The summed E-state index contributed by atoms with van der Waals surface area (Å²) in [5, 5.41) is 0.842. The molecule has 1 aromatic heterocycles. The minimum atomic E-state index is 0.683. The first-order valence-corrected chi connectivity index (χ1v) is 4.75. The first kappa shape index (κ1) is 7.56. The molecule has 0 unspecified atom stereocenters. The van der Waals surface area contributed by atoms with E-state index in [1.807, 2.05) is 12.3 Å². The van der Waals surface area contributed by atoms with Gasteiger partial charge >= 0.3 is 0 Å². The maximum Gasteiger partial charge on any atom is 0.107 e. The van der Waals surface area contributed by atoms with Crippen LogP contribution in [0.25, 0.3) is 0 Å². The molecule has 1 aliphatic rings. The lowest BCUT2D eigenvalue weighted by Gasteiger charge is -1.99. The van der Waals surface area contributed by atoms with Crippen LogP contribution in [0.4, 0.5) is 0 Å². The standard InChI is InChI=1S/C8H7BrClN/c9-8-3-7(10)6(4-11-8)5-1-2-5/h3-5H,1-2H2. The molecule has 58 valence electrons. The number of hydrogen-bond donors (Lipinski definition) is 0. The second-order valence-corrected chi connectivity index (χ2v) is 4.02. The Labute approximate surface area is 78.9 Å². The molecule has 1 fully saturated rings. The van der Waals surface area contributed by atoms with Crippen LogP contribution in [0.1, 0.15) is 24.3 Å². The molecule has 0 N–H and O–H groups in total. The lowest BCUT2D eigenvalue weighted by atomic mass is 10.2. The van der Waals surface area contributed by atoms with Gasteiger partial charge in [-0.05, 0) is 46.3 Å². The van der Waals surface area contributed by atoms with E-state index in [1.54, 1.807) is 0 Å². The predicted molar refractivity (Wildman–Crippen MR) is 48.9 cm³/mol. The Bertz CT molecular complexity index is 283. The second kappa shape index (κ2) is 2.76. The third-order valence-electron chi connectivity index (χ3n) is 1.87. The molecule has 0 saturated heterocycles. The largest absolute Gasteiger partial charge is 0.249 e. The van der Waals surface area contributed by atoms with E-state index < -0.39 is 0 Å². The zero-order chi connectivity index (χ0) is 7.84. The molecular weight excluding hydrogens is 225 g/mol. The number of rotatable bonds is 1. The van der Waals surface area contributed by atoms with E-state index in [1.165, 1.54) is 18.4 Å². The first-order chi connectivity index (χ1) is 5.27. The highest BCUT2D eigenvalue weighted by Crippen LogP contribution is 2.43. The zero-order valence-corrected chi connectivity index (χ0v) is 8.19. The molecular formula is C8H7BrClN. The summed E-state index contributed by atoms with van der Waals surface area (Å²) in [7, 11) is 0. The van der Waals surface area contributed by atoms with Gasteiger partial charge in [-0.15, -0.1) is 0 Å². The Morgan fingerprint density at radius 2 is 2.27 bits per heavy atom. The minimum absolute atomic E-state index is 0.683. The number of hydrogen-bond acceptors (Lipinski definition) is 1. The molecule has 0 amide bonds. The third kappa shape index (κ3) is 1.57. The van der Waals surface area contributed by atoms with E-state index in [4.69, 9.17) is 11.6 Å². The van der Waals surface area contributed by atoms with Crippen LogP contribution in [0.5, 0.6) is 0 Å². The topological polar surface area (TPSA) is 12.9 Å². The molecule has 0 bridgehead atoms. The van der Waals surface area contributed by atoms with Gasteiger partial charge in [-0.1, -0.05) is 11.6 Å². The van der Waals surface area contributed by atoms with Crippen molar-refractivity contribution in [3.8, 4) is 0 Å². The fraction of sp³-hybridized carbons (Fsp3) is 0.375. The normalized spacial score (nSPS) is 16.9. The molecule has 1 aromatic rings. The van der Waals surface area contributed by atoms with E-state index in [-0.39, 0.29) is 0 Å². The van der Waals surface area contributed by atoms with Crippen molar-refractivity contribution in [3.05, 3.63) is 27.5 Å². The van der Waals surface area contributed by atoms with Crippen LogP contribution in [0.2, 0.25) is 5.02 Å². The van der Waals surface area contributed by atoms with Crippen LogP contribution in [0.15, 0.2) is 16.9 Å². The SMILES string of the molecule is Clc1cc(Br)ncc1C1CC1. The van der Waals surface area contributed by atoms with E-state index >= 15 is 0 Å². The lowest BCUT2D eigenvalue weighted by molar-refractivity contribution is 1.08. The highest BCUT2D eigenvalue weighted by molar-refractivity contribution is 9.10. The monoisotopic (exact) mass is 231 g/mol. The molecule has 3 heteroatoms. The van der Waals surface area contributed by atoms with Gasteiger partial charge in [0.05, 0.1) is 0 Å². The fourth-order valence-corrected chi connectivity index (χ4v) is 1.88. The summed E-state index contributed by atoms with van der Waals surface area (Å²) in [5.41, 5.74) is 1.20. The zero-order valence-electron chi connectivity index (χ0n) is 5.85. The van der Waals surface area contributed by atoms with Crippen molar-refractivity contribution < 1.29 is 0 Å². The molecule has 11 heavy (non-hydrogen) atoms. The minimum Gasteiger partial charge on any atom is -0.249 e. The highest BCUT2D eigenvalue weighted by Gasteiger charge is 2.25. The third-order valence-corrected chi connectivity index (χ3v) is 2.63. The summed E-state index contributed by atoms with van der Waals surface area (Å²) in [5.74, 6) is 0.683. The molecule has 1 nitrogen and oxygen atoms in total. The van der Waals surface area contributed by atoms with Gasteiger partial charge in [0.2, 0.25) is 0 Å². The molecule has 0 spiro atoms. The average molecular weight is 233 g/mol. The molecule has 0 aromatic carbocycles. The Morgan fingerprint density at radius 3 is 2.82 bits per heavy atom. The molecule has 2 rings (SSSR count). The van der Waals surface area contributed by atoms with Crippen LogP contribution in [-0.2, 0) is 0 Å². The lowest BCUT2D eigenvalue weighted by Crippen LogP contribution is -1.84. The van der Waals surface area contributed by atoms with Crippen LogP contribution in [0, 0.1) is 0 Å². The van der Waals surface area contributed by atoms with Gasteiger partial charge in [0, 0.05) is 11.2 Å². The van der Waals surface area contributed by atoms with E-state index in [2.05, 4.69) is 20.9 Å². The van der Waals surface area contributed by atoms with Gasteiger partial charge in [-0.25, -0.2) is 4.98 Å². The molecule has 0 atom stereocenters. The molecule has 1 heterocycles. The first-order valence-electron chi connectivity index (χ1n) is 3.58. The van der Waals surface area contributed by atoms with Crippen molar-refractivity contribution >= 4 is 27.5 Å². The van der Waals surface area contributed by atoms with Crippen molar-refractivity contribution in [3.63, 3.8) is 0 Å². The van der Waals surface area contributed by atoms with Crippen molar-refractivity contribution in [1.82, 2.24) is 4.98 Å². The van der Waals surface area contributed by atoms with E-state index in [0.717, 1.165) is 9.63 Å². The van der Waals surface area contributed by atoms with Crippen LogP contribution in [-0.4, -0.2) is 4.98 Å². The Hall–Kier alpha value is -0.0800. The number of aromatic nitrogens is 1. The van der Waals surface area contributed by atoms with Crippen molar-refractivity contribution in [2.24, 2.45) is 0 Å². The number of halogens is 2. The molecule has 0 radical (unpaired) electrons. The summed E-state index contributed by atoms with van der Waals surface area (Å²) in [6.07, 6.45) is 4.40. The molecule has 1 aliphatic carbocycles. The predicted octanol–water partition coefficient (Wildman–Crippen LogP) is 3.37. The van der Waals surface area contributed by atoms with Gasteiger partial charge in [0.15, 0.2) is 0 Å². The summed E-state index contributed by atoms with van der Waals surface area (Å²) < 4.78 is 0.812. The van der Waals surface area contributed by atoms with E-state index in [9.17, 15) is 0 Å². The summed E-state index contributed by atoms with van der Waals surface area (Å²) >= 11 is 9.26. The average Bonchev–Trinajstić information content (AvgIpc) is 2.70. The summed E-state index contributed by atoms with van der Waals surface area (Å²) in [4.78, 5) is 4.13. The van der Waals surface area contributed by atoms with Crippen molar-refractivity contribution in [2.45, 2.75) is 18.8 Å². The summed E-state index contributed by atoms with van der Waals surface area (Å²) in [6.45, 7) is 0. The van der Waals surface area contributed by atoms with Crippen LogP contribution >= 0.6 is 27.5 Å². The van der Waals surface area contributed by atoms with E-state index in [0.29, 0.717) is 5.92 Å². The maximum atomic E-state index is 5.99. The van der Waals surface area contributed by atoms with Crippen molar-refractivity contribution in [1.29, 1.82) is 0 Å². The van der Waals surface area contributed by atoms with Gasteiger partial charge in [0.25, 0.3) is 0 Å². The quantitative estimate of drug-likeness (QED) is 0.677. The molecule has 1 saturated carbocycles. The molecule has 0 aliphatic heterocycles. The van der Waals surface area contributed by atoms with Crippen molar-refractivity contribution in [2.75, 3.05) is 0 Å². The smallest absolute Gasteiger partial charge is 0.107 e. The Morgan fingerprint density at radius 1 is 1.55 bits per heavy atom. The Balaban J connectivity index is 2.39. The maximum absolute atomic E-state index is 5.99. The number of pyridine rings is 1. The van der Waals surface area contributed by atoms with Gasteiger partial charge < -0.3 is 0 Å².